The number of anilines is 1. The fourth-order valence-electron chi connectivity index (χ4n) is 2.05. The Morgan fingerprint density at radius 3 is 2.47 bits per heavy atom. The van der Waals surface area contributed by atoms with Crippen LogP contribution in [0, 0.1) is 0 Å². The van der Waals surface area contributed by atoms with Crippen molar-refractivity contribution in [1.82, 2.24) is 4.90 Å². The van der Waals surface area contributed by atoms with E-state index in [-0.39, 0.29) is 5.91 Å². The number of carbonyl (C=O) groups excluding carboxylic acids is 1. The lowest BCUT2D eigenvalue weighted by molar-refractivity contribution is -0.117. The van der Waals surface area contributed by atoms with E-state index in [0.717, 1.165) is 18.8 Å². The number of likely N-dealkylation sites (tertiary alicyclic amines) is 1. The Hall–Kier alpha value is -1.06. The van der Waals surface area contributed by atoms with Gasteiger partial charge in [0.2, 0.25) is 5.91 Å². The second-order valence-electron chi connectivity index (χ2n) is 4.39. The van der Waals surface area contributed by atoms with Gasteiger partial charge in [-0.05, 0) is 50.2 Å². The van der Waals surface area contributed by atoms with Crippen LogP contribution in [0.2, 0.25) is 5.02 Å². The molecule has 4 heteroatoms. The molecule has 17 heavy (non-hydrogen) atoms. The first-order valence-electron chi connectivity index (χ1n) is 6.02. The molecule has 1 aliphatic heterocycles. The number of halogens is 1. The van der Waals surface area contributed by atoms with Crippen molar-refractivity contribution in [2.75, 3.05) is 25.0 Å². The molecule has 1 aromatic rings. The lowest BCUT2D eigenvalue weighted by atomic mass is 10.1. The van der Waals surface area contributed by atoms with Crippen LogP contribution < -0.4 is 5.32 Å². The standard InChI is InChI=1S/C13H17ClN2O/c14-11-4-6-12(7-5-11)15-13(17)10-16-8-2-1-3-9-16/h4-7H,1-3,8-10H2,(H,15,17). The van der Waals surface area contributed by atoms with Crippen LogP contribution in [0.3, 0.4) is 0 Å². The van der Waals surface area contributed by atoms with Gasteiger partial charge in [0.25, 0.3) is 0 Å². The van der Waals surface area contributed by atoms with Crippen LogP contribution in [0.4, 0.5) is 5.69 Å². The minimum atomic E-state index is 0.0502. The Balaban J connectivity index is 1.82. The van der Waals surface area contributed by atoms with Gasteiger partial charge in [0.15, 0.2) is 0 Å². The number of nitrogens with zero attached hydrogens (tertiary/aromatic N) is 1. The topological polar surface area (TPSA) is 32.3 Å². The van der Waals surface area contributed by atoms with E-state index in [4.69, 9.17) is 11.6 Å². The number of benzene rings is 1. The number of piperidine rings is 1. The first-order valence-corrected chi connectivity index (χ1v) is 6.39. The zero-order valence-electron chi connectivity index (χ0n) is 9.79. The van der Waals surface area contributed by atoms with Gasteiger partial charge >= 0.3 is 0 Å². The summed E-state index contributed by atoms with van der Waals surface area (Å²) in [6, 6.07) is 7.18. The second kappa shape index (κ2) is 6.03. The largest absolute Gasteiger partial charge is 0.325 e. The predicted molar refractivity (Wildman–Crippen MR) is 70.4 cm³/mol. The minimum absolute atomic E-state index is 0.0502. The molecule has 0 aromatic heterocycles. The highest BCUT2D eigenvalue weighted by Gasteiger charge is 2.13. The number of hydrogen-bond acceptors (Lipinski definition) is 2. The normalized spacial score (nSPS) is 16.8. The highest BCUT2D eigenvalue weighted by Crippen LogP contribution is 2.14. The highest BCUT2D eigenvalue weighted by atomic mass is 35.5. The van der Waals surface area contributed by atoms with E-state index in [1.165, 1.54) is 19.3 Å². The molecule has 1 amide bonds. The SMILES string of the molecule is O=C(CN1CCCCC1)Nc1ccc(Cl)cc1. The Morgan fingerprint density at radius 2 is 1.82 bits per heavy atom. The van der Waals surface area contributed by atoms with E-state index in [2.05, 4.69) is 10.2 Å². The average Bonchev–Trinajstić information content (AvgIpc) is 2.33. The Morgan fingerprint density at radius 1 is 1.18 bits per heavy atom. The monoisotopic (exact) mass is 252 g/mol. The van der Waals surface area contributed by atoms with Gasteiger partial charge in [-0.3, -0.25) is 9.69 Å². The molecule has 0 aliphatic carbocycles. The van der Waals surface area contributed by atoms with Crippen molar-refractivity contribution in [3.05, 3.63) is 29.3 Å². The van der Waals surface area contributed by atoms with Crippen LogP contribution in [-0.4, -0.2) is 30.4 Å². The summed E-state index contributed by atoms with van der Waals surface area (Å²) in [6.45, 7) is 2.56. The average molecular weight is 253 g/mol. The quantitative estimate of drug-likeness (QED) is 0.897. The molecule has 1 heterocycles. The van der Waals surface area contributed by atoms with E-state index in [1.54, 1.807) is 12.1 Å². The van der Waals surface area contributed by atoms with Crippen LogP contribution >= 0.6 is 11.6 Å². The fourth-order valence-corrected chi connectivity index (χ4v) is 2.18. The predicted octanol–water partition coefficient (Wildman–Crippen LogP) is 2.76. The summed E-state index contributed by atoms with van der Waals surface area (Å²) < 4.78 is 0. The molecule has 1 aliphatic rings. The van der Waals surface area contributed by atoms with Crippen LogP contribution in [0.5, 0.6) is 0 Å². The lowest BCUT2D eigenvalue weighted by Crippen LogP contribution is -2.36. The number of hydrogen-bond donors (Lipinski definition) is 1. The van der Waals surface area contributed by atoms with Crippen LogP contribution in [0.1, 0.15) is 19.3 Å². The van der Waals surface area contributed by atoms with Crippen molar-refractivity contribution >= 4 is 23.2 Å². The van der Waals surface area contributed by atoms with Crippen molar-refractivity contribution in [2.45, 2.75) is 19.3 Å². The van der Waals surface area contributed by atoms with Gasteiger partial charge in [-0.15, -0.1) is 0 Å². The highest BCUT2D eigenvalue weighted by molar-refractivity contribution is 6.30. The van der Waals surface area contributed by atoms with Gasteiger partial charge in [0.05, 0.1) is 6.54 Å². The van der Waals surface area contributed by atoms with Crippen LogP contribution in [0.15, 0.2) is 24.3 Å². The van der Waals surface area contributed by atoms with E-state index in [1.807, 2.05) is 12.1 Å². The summed E-state index contributed by atoms with van der Waals surface area (Å²) in [5.74, 6) is 0.0502. The van der Waals surface area contributed by atoms with E-state index >= 15 is 0 Å². The maximum absolute atomic E-state index is 11.8. The zero-order chi connectivity index (χ0) is 12.1. The molecule has 1 aromatic carbocycles. The van der Waals surface area contributed by atoms with Gasteiger partial charge in [0.1, 0.15) is 0 Å². The maximum atomic E-state index is 11.8. The molecule has 0 atom stereocenters. The molecule has 0 saturated carbocycles. The molecule has 1 saturated heterocycles. The maximum Gasteiger partial charge on any atom is 0.238 e. The van der Waals surface area contributed by atoms with Crippen LogP contribution in [-0.2, 0) is 4.79 Å². The summed E-state index contributed by atoms with van der Waals surface area (Å²) in [7, 11) is 0. The lowest BCUT2D eigenvalue weighted by Gasteiger charge is -2.25. The third kappa shape index (κ3) is 4.02. The van der Waals surface area contributed by atoms with Gasteiger partial charge in [-0.2, -0.15) is 0 Å². The Bertz CT molecular complexity index is 372. The van der Waals surface area contributed by atoms with Gasteiger partial charge in [-0.25, -0.2) is 0 Å². The summed E-state index contributed by atoms with van der Waals surface area (Å²) in [4.78, 5) is 14.0. The number of nitrogens with one attached hydrogen (secondary N) is 1. The molecule has 0 spiro atoms. The minimum Gasteiger partial charge on any atom is -0.325 e. The summed E-state index contributed by atoms with van der Waals surface area (Å²) in [5.41, 5.74) is 0.802. The summed E-state index contributed by atoms with van der Waals surface area (Å²) in [6.07, 6.45) is 3.69. The molecule has 0 radical (unpaired) electrons. The third-order valence-electron chi connectivity index (χ3n) is 2.94. The summed E-state index contributed by atoms with van der Waals surface area (Å²) in [5, 5.41) is 3.56. The van der Waals surface area contributed by atoms with Crippen molar-refractivity contribution < 1.29 is 4.79 Å². The Kier molecular flexibility index (Phi) is 4.40. The number of amides is 1. The van der Waals surface area contributed by atoms with E-state index < -0.39 is 0 Å². The first-order chi connectivity index (χ1) is 8.24. The fraction of sp³-hybridized carbons (Fsp3) is 0.462. The molecular weight excluding hydrogens is 236 g/mol. The molecular formula is C13H17ClN2O. The molecule has 1 fully saturated rings. The molecule has 2 rings (SSSR count). The van der Waals surface area contributed by atoms with Crippen molar-refractivity contribution in [3.63, 3.8) is 0 Å². The third-order valence-corrected chi connectivity index (χ3v) is 3.20. The molecule has 1 N–H and O–H groups in total. The zero-order valence-corrected chi connectivity index (χ0v) is 10.5. The summed E-state index contributed by atoms with van der Waals surface area (Å²) >= 11 is 5.78. The molecule has 0 bridgehead atoms. The first kappa shape index (κ1) is 12.4. The molecule has 0 unspecified atom stereocenters. The molecule has 92 valence electrons. The molecule has 3 nitrogen and oxygen atoms in total. The van der Waals surface area contributed by atoms with Gasteiger partial charge in [-0.1, -0.05) is 18.0 Å². The Labute approximate surface area is 107 Å². The second-order valence-corrected chi connectivity index (χ2v) is 4.83. The van der Waals surface area contributed by atoms with Crippen molar-refractivity contribution in [3.8, 4) is 0 Å². The van der Waals surface area contributed by atoms with Gasteiger partial charge < -0.3 is 5.32 Å². The van der Waals surface area contributed by atoms with E-state index in [0.29, 0.717) is 11.6 Å². The van der Waals surface area contributed by atoms with Crippen molar-refractivity contribution in [2.24, 2.45) is 0 Å². The van der Waals surface area contributed by atoms with Crippen LogP contribution in [0.25, 0.3) is 0 Å². The number of rotatable bonds is 3. The van der Waals surface area contributed by atoms with Crippen molar-refractivity contribution in [1.29, 1.82) is 0 Å². The number of carbonyl (C=O) groups is 1. The van der Waals surface area contributed by atoms with Gasteiger partial charge in [0, 0.05) is 10.7 Å². The van der Waals surface area contributed by atoms with E-state index in [9.17, 15) is 4.79 Å². The smallest absolute Gasteiger partial charge is 0.238 e.